The standard InChI is InChI=1S/C23H17N3O4S/c27-18-11-9-17(10-12-18)26-22(30)21(13-15-5-1-3-7-19(15)28)31-23(26)25-24-14-16-6-2-4-8-20(16)29/h1-14,27-29H/b21-13?,24-14+,25-23?. The molecule has 8 heteroatoms. The molecule has 3 aromatic rings. The van der Waals surface area contributed by atoms with Crippen molar-refractivity contribution in [1.82, 2.24) is 0 Å². The van der Waals surface area contributed by atoms with Gasteiger partial charge in [-0.3, -0.25) is 9.69 Å². The largest absolute Gasteiger partial charge is 0.508 e. The summed E-state index contributed by atoms with van der Waals surface area (Å²) < 4.78 is 0. The third-order valence-electron chi connectivity index (χ3n) is 4.41. The lowest BCUT2D eigenvalue weighted by Crippen LogP contribution is -2.28. The highest BCUT2D eigenvalue weighted by Crippen LogP contribution is 2.37. The van der Waals surface area contributed by atoms with Crippen LogP contribution in [0.25, 0.3) is 6.08 Å². The third-order valence-corrected chi connectivity index (χ3v) is 5.37. The van der Waals surface area contributed by atoms with Crippen molar-refractivity contribution >= 4 is 40.8 Å². The normalized spacial score (nSPS) is 16.6. The van der Waals surface area contributed by atoms with Gasteiger partial charge in [0.2, 0.25) is 5.17 Å². The molecule has 3 N–H and O–H groups in total. The number of aromatic hydroxyl groups is 3. The molecule has 1 heterocycles. The van der Waals surface area contributed by atoms with Crippen LogP contribution in [0.3, 0.4) is 0 Å². The number of anilines is 1. The number of carbonyl (C=O) groups excluding carboxylic acids is 1. The summed E-state index contributed by atoms with van der Waals surface area (Å²) in [6.45, 7) is 0. The van der Waals surface area contributed by atoms with Crippen molar-refractivity contribution in [3.05, 3.63) is 88.8 Å². The summed E-state index contributed by atoms with van der Waals surface area (Å²) in [4.78, 5) is 14.9. The summed E-state index contributed by atoms with van der Waals surface area (Å²) in [7, 11) is 0. The van der Waals surface area contributed by atoms with E-state index in [9.17, 15) is 20.1 Å². The number of thioether (sulfide) groups is 1. The van der Waals surface area contributed by atoms with Gasteiger partial charge in [-0.05, 0) is 60.3 Å². The van der Waals surface area contributed by atoms with Crippen LogP contribution >= 0.6 is 11.8 Å². The zero-order chi connectivity index (χ0) is 21.8. The van der Waals surface area contributed by atoms with E-state index in [4.69, 9.17) is 0 Å². The number of benzene rings is 3. The van der Waals surface area contributed by atoms with Gasteiger partial charge >= 0.3 is 0 Å². The van der Waals surface area contributed by atoms with Crippen molar-refractivity contribution in [1.29, 1.82) is 0 Å². The number of nitrogens with zero attached hydrogens (tertiary/aromatic N) is 3. The first-order valence-electron chi connectivity index (χ1n) is 9.23. The maximum atomic E-state index is 13.1. The highest BCUT2D eigenvalue weighted by atomic mass is 32.2. The first kappa shape index (κ1) is 20.2. The number of phenols is 3. The Hall–Kier alpha value is -4.04. The van der Waals surface area contributed by atoms with Gasteiger partial charge in [-0.1, -0.05) is 30.3 Å². The van der Waals surface area contributed by atoms with E-state index in [2.05, 4.69) is 10.2 Å². The molecular formula is C23H17N3O4S. The molecular weight excluding hydrogens is 414 g/mol. The molecule has 31 heavy (non-hydrogen) atoms. The molecule has 1 saturated heterocycles. The summed E-state index contributed by atoms with van der Waals surface area (Å²) in [6, 6.07) is 19.5. The van der Waals surface area contributed by atoms with E-state index in [1.54, 1.807) is 60.7 Å². The van der Waals surface area contributed by atoms with Gasteiger partial charge in [0.1, 0.15) is 17.2 Å². The Morgan fingerprint density at radius 2 is 1.42 bits per heavy atom. The van der Waals surface area contributed by atoms with Crippen LogP contribution in [0.5, 0.6) is 17.2 Å². The molecule has 7 nitrogen and oxygen atoms in total. The SMILES string of the molecule is O=C1C(=Cc2ccccc2O)SC(=N/N=C/c2ccccc2O)N1c1ccc(O)cc1. The molecule has 0 saturated carbocycles. The van der Waals surface area contributed by atoms with Crippen molar-refractivity contribution in [2.45, 2.75) is 0 Å². The molecule has 1 aliphatic heterocycles. The zero-order valence-electron chi connectivity index (χ0n) is 16.1. The number of rotatable bonds is 4. The van der Waals surface area contributed by atoms with Crippen LogP contribution < -0.4 is 4.90 Å². The molecule has 3 aromatic carbocycles. The molecule has 1 fully saturated rings. The quantitative estimate of drug-likeness (QED) is 0.324. The predicted octanol–water partition coefficient (Wildman–Crippen LogP) is 4.31. The summed E-state index contributed by atoms with van der Waals surface area (Å²) in [5.41, 5.74) is 1.50. The average molecular weight is 431 g/mol. The summed E-state index contributed by atoms with van der Waals surface area (Å²) >= 11 is 1.11. The predicted molar refractivity (Wildman–Crippen MR) is 122 cm³/mol. The lowest BCUT2D eigenvalue weighted by molar-refractivity contribution is -0.113. The second kappa shape index (κ2) is 8.76. The molecule has 1 aliphatic rings. The zero-order valence-corrected chi connectivity index (χ0v) is 16.9. The van der Waals surface area contributed by atoms with Crippen LogP contribution in [0.1, 0.15) is 11.1 Å². The van der Waals surface area contributed by atoms with Crippen LogP contribution in [0.4, 0.5) is 5.69 Å². The highest BCUT2D eigenvalue weighted by molar-refractivity contribution is 8.19. The van der Waals surface area contributed by atoms with Crippen molar-refractivity contribution in [3.8, 4) is 17.2 Å². The van der Waals surface area contributed by atoms with Crippen molar-refractivity contribution < 1.29 is 20.1 Å². The minimum Gasteiger partial charge on any atom is -0.508 e. The lowest BCUT2D eigenvalue weighted by atomic mass is 10.2. The smallest absolute Gasteiger partial charge is 0.271 e. The molecule has 1 amide bonds. The molecule has 0 aliphatic carbocycles. The Bertz CT molecular complexity index is 1220. The number of phenolic OH excluding ortho intramolecular Hbond substituents is 3. The van der Waals surface area contributed by atoms with Gasteiger partial charge in [0, 0.05) is 11.1 Å². The Labute approximate surface area is 182 Å². The van der Waals surface area contributed by atoms with E-state index in [0.29, 0.717) is 26.9 Å². The van der Waals surface area contributed by atoms with Gasteiger partial charge < -0.3 is 15.3 Å². The monoisotopic (exact) mass is 431 g/mol. The van der Waals surface area contributed by atoms with Gasteiger partial charge in [0.15, 0.2) is 0 Å². The van der Waals surface area contributed by atoms with E-state index in [-0.39, 0.29) is 23.2 Å². The van der Waals surface area contributed by atoms with Crippen LogP contribution in [-0.2, 0) is 4.79 Å². The van der Waals surface area contributed by atoms with Crippen molar-refractivity contribution in [2.75, 3.05) is 4.90 Å². The lowest BCUT2D eigenvalue weighted by Gasteiger charge is -2.14. The van der Waals surface area contributed by atoms with E-state index >= 15 is 0 Å². The van der Waals surface area contributed by atoms with Gasteiger partial charge in [-0.25, -0.2) is 0 Å². The molecule has 0 aromatic heterocycles. The number of para-hydroxylation sites is 2. The van der Waals surface area contributed by atoms with E-state index in [1.807, 2.05) is 0 Å². The molecule has 0 spiro atoms. The Kier molecular flexibility index (Phi) is 5.72. The van der Waals surface area contributed by atoms with Crippen molar-refractivity contribution in [2.24, 2.45) is 10.2 Å². The second-order valence-corrected chi connectivity index (χ2v) is 7.52. The number of amidine groups is 1. The van der Waals surface area contributed by atoms with Crippen molar-refractivity contribution in [3.63, 3.8) is 0 Å². The number of carbonyl (C=O) groups is 1. The van der Waals surface area contributed by atoms with Gasteiger partial charge in [-0.2, -0.15) is 5.10 Å². The van der Waals surface area contributed by atoms with Gasteiger partial charge in [-0.15, -0.1) is 5.10 Å². The molecule has 0 unspecified atom stereocenters. The number of amides is 1. The van der Waals surface area contributed by atoms with Crippen LogP contribution in [-0.4, -0.2) is 32.6 Å². The number of hydrogen-bond acceptors (Lipinski definition) is 7. The molecule has 4 rings (SSSR count). The fourth-order valence-corrected chi connectivity index (χ4v) is 3.79. The minimum atomic E-state index is -0.338. The molecule has 0 atom stereocenters. The Balaban J connectivity index is 1.72. The first-order chi connectivity index (χ1) is 15.0. The molecule has 0 bridgehead atoms. The van der Waals surface area contributed by atoms with Crippen LogP contribution in [0.15, 0.2) is 87.9 Å². The van der Waals surface area contributed by atoms with Crippen LogP contribution in [0.2, 0.25) is 0 Å². The van der Waals surface area contributed by atoms with E-state index in [1.165, 1.54) is 29.3 Å². The maximum Gasteiger partial charge on any atom is 0.271 e. The first-order valence-corrected chi connectivity index (χ1v) is 10.0. The van der Waals surface area contributed by atoms with Gasteiger partial charge in [0.05, 0.1) is 16.8 Å². The minimum absolute atomic E-state index is 0.0579. The molecule has 154 valence electrons. The van der Waals surface area contributed by atoms with E-state index < -0.39 is 0 Å². The Morgan fingerprint density at radius 3 is 2.06 bits per heavy atom. The summed E-state index contributed by atoms with van der Waals surface area (Å²) in [5, 5.41) is 38.0. The third kappa shape index (κ3) is 4.44. The molecule has 0 radical (unpaired) electrons. The maximum absolute atomic E-state index is 13.1. The second-order valence-electron chi connectivity index (χ2n) is 6.51. The summed E-state index contributed by atoms with van der Waals surface area (Å²) in [6.07, 6.45) is 2.98. The topological polar surface area (TPSA) is 106 Å². The summed E-state index contributed by atoms with van der Waals surface area (Å²) in [5.74, 6) is -0.140. The van der Waals surface area contributed by atoms with E-state index in [0.717, 1.165) is 11.8 Å². The Morgan fingerprint density at radius 1 is 0.806 bits per heavy atom. The number of hydrogen-bond donors (Lipinski definition) is 3. The van der Waals surface area contributed by atoms with Gasteiger partial charge in [0.25, 0.3) is 5.91 Å². The average Bonchev–Trinajstić information content (AvgIpc) is 3.07. The highest BCUT2D eigenvalue weighted by Gasteiger charge is 2.35. The van der Waals surface area contributed by atoms with Crippen LogP contribution in [0, 0.1) is 0 Å². The fourth-order valence-electron chi connectivity index (χ4n) is 2.86. The fraction of sp³-hybridized carbons (Fsp3) is 0.